The van der Waals surface area contributed by atoms with Crippen LogP contribution in [-0.2, 0) is 16.1 Å². The fourth-order valence-corrected chi connectivity index (χ4v) is 3.71. The maximum absolute atomic E-state index is 12.7. The molecule has 1 aromatic rings. The summed E-state index contributed by atoms with van der Waals surface area (Å²) in [6.07, 6.45) is 2.05. The number of carbonyl (C=O) groups excluding carboxylic acids is 2. The number of ether oxygens (including phenoxy) is 1. The van der Waals surface area contributed by atoms with Crippen LogP contribution >= 0.6 is 0 Å². The van der Waals surface area contributed by atoms with E-state index in [1.807, 2.05) is 36.1 Å². The molecule has 2 aliphatic heterocycles. The minimum Gasteiger partial charge on any atom is -0.381 e. The summed E-state index contributed by atoms with van der Waals surface area (Å²) in [5.74, 6) is 0.0337. The third-order valence-electron chi connectivity index (χ3n) is 5.36. The molecule has 2 heterocycles. The zero-order valence-electron chi connectivity index (χ0n) is 15.1. The molecule has 6 heteroatoms. The molecular weight excluding hydrogens is 318 g/mol. The number of rotatable bonds is 4. The van der Waals surface area contributed by atoms with Crippen molar-refractivity contribution in [2.24, 2.45) is 5.41 Å². The molecule has 1 N–H and O–H groups in total. The Balaban J connectivity index is 1.66. The molecule has 0 aromatic heterocycles. The first-order valence-corrected chi connectivity index (χ1v) is 9.00. The highest BCUT2D eigenvalue weighted by molar-refractivity contribution is 5.90. The molecule has 0 bridgehead atoms. The third kappa shape index (κ3) is 3.95. The van der Waals surface area contributed by atoms with E-state index in [1.54, 1.807) is 11.8 Å². The average molecular weight is 345 g/mol. The molecular formula is C19H27N3O3. The lowest BCUT2D eigenvalue weighted by Crippen LogP contribution is -2.36. The second kappa shape index (κ2) is 7.44. The Morgan fingerprint density at radius 1 is 1.32 bits per heavy atom. The molecule has 2 saturated heterocycles. The van der Waals surface area contributed by atoms with Crippen LogP contribution in [-0.4, -0.2) is 54.6 Å². The average Bonchev–Trinajstić information content (AvgIpc) is 3.24. The van der Waals surface area contributed by atoms with E-state index in [4.69, 9.17) is 4.74 Å². The minimum atomic E-state index is -0.0675. The Morgan fingerprint density at radius 2 is 2.12 bits per heavy atom. The number of anilines is 1. The van der Waals surface area contributed by atoms with Gasteiger partial charge in [-0.15, -0.1) is 0 Å². The number of carbonyl (C=O) groups is 2. The number of nitrogens with one attached hydrogen (secondary N) is 1. The summed E-state index contributed by atoms with van der Waals surface area (Å²) in [4.78, 5) is 28.0. The van der Waals surface area contributed by atoms with Gasteiger partial charge in [0.15, 0.2) is 0 Å². The number of benzene rings is 1. The fourth-order valence-electron chi connectivity index (χ4n) is 3.71. The molecule has 25 heavy (non-hydrogen) atoms. The summed E-state index contributed by atoms with van der Waals surface area (Å²) >= 11 is 0. The Labute approximate surface area is 149 Å². The van der Waals surface area contributed by atoms with E-state index < -0.39 is 0 Å². The monoisotopic (exact) mass is 345 g/mol. The number of para-hydroxylation sites is 1. The van der Waals surface area contributed by atoms with Gasteiger partial charge in [-0.05, 0) is 31.4 Å². The van der Waals surface area contributed by atoms with Crippen LogP contribution in [0.15, 0.2) is 24.3 Å². The van der Waals surface area contributed by atoms with E-state index in [9.17, 15) is 9.59 Å². The van der Waals surface area contributed by atoms with Crippen molar-refractivity contribution >= 4 is 17.6 Å². The first-order chi connectivity index (χ1) is 12.0. The van der Waals surface area contributed by atoms with Crippen molar-refractivity contribution in [2.75, 3.05) is 38.2 Å². The highest BCUT2D eigenvalue weighted by Crippen LogP contribution is 2.38. The summed E-state index contributed by atoms with van der Waals surface area (Å²) in [5, 5.41) is 3.04. The molecule has 2 fully saturated rings. The number of hydrogen-bond acceptors (Lipinski definition) is 3. The zero-order chi connectivity index (χ0) is 17.9. The van der Waals surface area contributed by atoms with Crippen LogP contribution < -0.4 is 5.32 Å². The maximum atomic E-state index is 12.7. The first kappa shape index (κ1) is 17.7. The highest BCUT2D eigenvalue weighted by atomic mass is 16.5. The highest BCUT2D eigenvalue weighted by Gasteiger charge is 2.42. The van der Waals surface area contributed by atoms with Crippen LogP contribution in [0.1, 0.15) is 32.3 Å². The van der Waals surface area contributed by atoms with Gasteiger partial charge in [0.1, 0.15) is 0 Å². The van der Waals surface area contributed by atoms with Gasteiger partial charge in [0.25, 0.3) is 0 Å². The van der Waals surface area contributed by atoms with E-state index in [0.29, 0.717) is 13.1 Å². The number of nitrogens with zero attached hydrogens (tertiary/aromatic N) is 2. The standard InChI is InChI=1S/C19H27N3O3/c1-3-21(15(2)23)12-16-6-4-5-7-17(16)20-18(24)22-10-8-19(13-22)9-11-25-14-19/h4-7H,3,8-14H2,1-2H3,(H,20,24)/t19-/m1/s1. The van der Waals surface area contributed by atoms with Crippen LogP contribution in [0.4, 0.5) is 10.5 Å². The molecule has 0 saturated carbocycles. The minimum absolute atomic E-state index is 0.0337. The van der Waals surface area contributed by atoms with E-state index in [0.717, 1.165) is 50.4 Å². The van der Waals surface area contributed by atoms with Crippen LogP contribution in [0.5, 0.6) is 0 Å². The first-order valence-electron chi connectivity index (χ1n) is 9.00. The Bertz CT molecular complexity index is 641. The van der Waals surface area contributed by atoms with Gasteiger partial charge in [0.2, 0.25) is 5.91 Å². The Kier molecular flexibility index (Phi) is 5.27. The van der Waals surface area contributed by atoms with E-state index >= 15 is 0 Å². The van der Waals surface area contributed by atoms with Crippen molar-refractivity contribution in [2.45, 2.75) is 33.2 Å². The van der Waals surface area contributed by atoms with Crippen molar-refractivity contribution in [1.82, 2.24) is 9.80 Å². The summed E-state index contributed by atoms with van der Waals surface area (Å²) in [6, 6.07) is 7.62. The molecule has 1 aromatic carbocycles. The molecule has 1 atom stereocenters. The van der Waals surface area contributed by atoms with Gasteiger partial charge >= 0.3 is 6.03 Å². The van der Waals surface area contributed by atoms with Crippen molar-refractivity contribution in [1.29, 1.82) is 0 Å². The van der Waals surface area contributed by atoms with Gasteiger partial charge in [0.05, 0.1) is 6.61 Å². The van der Waals surface area contributed by atoms with Crippen LogP contribution in [0.25, 0.3) is 0 Å². The normalized spacial score (nSPS) is 22.4. The zero-order valence-corrected chi connectivity index (χ0v) is 15.1. The lowest BCUT2D eigenvalue weighted by molar-refractivity contribution is -0.129. The lowest BCUT2D eigenvalue weighted by atomic mass is 9.87. The van der Waals surface area contributed by atoms with Gasteiger partial charge in [-0.2, -0.15) is 0 Å². The van der Waals surface area contributed by atoms with Crippen LogP contribution in [0.2, 0.25) is 0 Å². The predicted octanol–water partition coefficient (Wildman–Crippen LogP) is 2.70. The van der Waals surface area contributed by atoms with Crippen LogP contribution in [0, 0.1) is 5.41 Å². The molecule has 6 nitrogen and oxygen atoms in total. The van der Waals surface area contributed by atoms with E-state index in [1.165, 1.54) is 0 Å². The largest absolute Gasteiger partial charge is 0.381 e. The molecule has 3 rings (SSSR count). The smallest absolute Gasteiger partial charge is 0.321 e. The number of urea groups is 1. The van der Waals surface area contributed by atoms with E-state index in [-0.39, 0.29) is 17.4 Å². The summed E-state index contributed by atoms with van der Waals surface area (Å²) in [5.41, 5.74) is 1.88. The van der Waals surface area contributed by atoms with Crippen LogP contribution in [0.3, 0.4) is 0 Å². The van der Waals surface area contributed by atoms with Crippen molar-refractivity contribution in [3.8, 4) is 0 Å². The molecule has 0 radical (unpaired) electrons. The molecule has 3 amide bonds. The molecule has 136 valence electrons. The predicted molar refractivity (Wildman–Crippen MR) is 96.3 cm³/mol. The Morgan fingerprint density at radius 3 is 2.80 bits per heavy atom. The van der Waals surface area contributed by atoms with Gasteiger partial charge in [0, 0.05) is 50.8 Å². The fraction of sp³-hybridized carbons (Fsp3) is 0.579. The second-order valence-electron chi connectivity index (χ2n) is 7.09. The summed E-state index contributed by atoms with van der Waals surface area (Å²) in [6.45, 7) is 7.76. The van der Waals surface area contributed by atoms with Gasteiger partial charge < -0.3 is 19.9 Å². The molecule has 1 spiro atoms. The maximum Gasteiger partial charge on any atom is 0.321 e. The van der Waals surface area contributed by atoms with E-state index in [2.05, 4.69) is 5.32 Å². The SMILES string of the molecule is CCN(Cc1ccccc1NC(=O)N1CC[C@@]2(CCOC2)C1)C(C)=O. The topological polar surface area (TPSA) is 61.9 Å². The Hall–Kier alpha value is -2.08. The van der Waals surface area contributed by atoms with Gasteiger partial charge in [-0.1, -0.05) is 18.2 Å². The van der Waals surface area contributed by atoms with Gasteiger partial charge in [-0.25, -0.2) is 4.79 Å². The van der Waals surface area contributed by atoms with Crippen molar-refractivity contribution in [3.63, 3.8) is 0 Å². The van der Waals surface area contributed by atoms with Crippen molar-refractivity contribution < 1.29 is 14.3 Å². The molecule has 0 aliphatic carbocycles. The van der Waals surface area contributed by atoms with Crippen molar-refractivity contribution in [3.05, 3.63) is 29.8 Å². The molecule has 0 unspecified atom stereocenters. The second-order valence-corrected chi connectivity index (χ2v) is 7.09. The third-order valence-corrected chi connectivity index (χ3v) is 5.36. The molecule has 2 aliphatic rings. The summed E-state index contributed by atoms with van der Waals surface area (Å²) in [7, 11) is 0. The lowest BCUT2D eigenvalue weighted by Gasteiger charge is -2.24. The van der Waals surface area contributed by atoms with Gasteiger partial charge in [-0.3, -0.25) is 4.79 Å². The number of likely N-dealkylation sites (tertiary alicyclic amines) is 1. The number of amides is 3. The summed E-state index contributed by atoms with van der Waals surface area (Å²) < 4.78 is 5.53. The quantitative estimate of drug-likeness (QED) is 0.913. The number of hydrogen-bond donors (Lipinski definition) is 1.